The molecule has 0 heterocycles. The van der Waals surface area contributed by atoms with Crippen LogP contribution in [0.4, 0.5) is 18.9 Å². The van der Waals surface area contributed by atoms with Crippen LogP contribution in [0.15, 0.2) is 40.9 Å². The normalized spacial score (nSPS) is 12.0. The van der Waals surface area contributed by atoms with Crippen LogP contribution in [0.3, 0.4) is 0 Å². The summed E-state index contributed by atoms with van der Waals surface area (Å²) in [4.78, 5) is 0. The Kier molecular flexibility index (Phi) is 4.20. The molecule has 0 radical (unpaired) electrons. The van der Waals surface area contributed by atoms with Crippen LogP contribution in [0.2, 0.25) is 0 Å². The van der Waals surface area contributed by atoms with Gasteiger partial charge in [0.1, 0.15) is 0 Å². The van der Waals surface area contributed by atoms with Crippen molar-refractivity contribution >= 4 is 21.6 Å². The molecule has 0 aliphatic rings. The van der Waals surface area contributed by atoms with Crippen LogP contribution in [-0.4, -0.2) is 12.7 Å². The zero-order chi connectivity index (χ0) is 11.3. The average Bonchev–Trinajstić information content (AvgIpc) is 2.13. The number of para-hydroxylation sites is 1. The summed E-state index contributed by atoms with van der Waals surface area (Å²) in [6, 6.07) is 7.24. The SMILES string of the molecule is FC(F)(F)/C=C/CNc1ccccc1Br. The van der Waals surface area contributed by atoms with Gasteiger partial charge in [-0.05, 0) is 28.1 Å². The highest BCUT2D eigenvalue weighted by Crippen LogP contribution is 2.21. The Bertz CT molecular complexity index is 347. The first-order chi connectivity index (χ1) is 6.99. The van der Waals surface area contributed by atoms with Crippen molar-refractivity contribution < 1.29 is 13.2 Å². The minimum absolute atomic E-state index is 0.141. The number of nitrogens with one attached hydrogen (secondary N) is 1. The number of hydrogen-bond donors (Lipinski definition) is 1. The fourth-order valence-corrected chi connectivity index (χ4v) is 1.39. The van der Waals surface area contributed by atoms with Gasteiger partial charge in [0.15, 0.2) is 0 Å². The second kappa shape index (κ2) is 5.21. The molecule has 0 saturated carbocycles. The fraction of sp³-hybridized carbons (Fsp3) is 0.200. The molecule has 15 heavy (non-hydrogen) atoms. The van der Waals surface area contributed by atoms with Crippen LogP contribution in [-0.2, 0) is 0 Å². The van der Waals surface area contributed by atoms with Crippen LogP contribution < -0.4 is 5.32 Å². The summed E-state index contributed by atoms with van der Waals surface area (Å²) in [7, 11) is 0. The van der Waals surface area contributed by atoms with Crippen LogP contribution in [0.25, 0.3) is 0 Å². The van der Waals surface area contributed by atoms with Gasteiger partial charge in [-0.2, -0.15) is 13.2 Å². The molecule has 82 valence electrons. The highest BCUT2D eigenvalue weighted by atomic mass is 79.9. The second-order valence-electron chi connectivity index (χ2n) is 2.80. The molecular weight excluding hydrogens is 271 g/mol. The van der Waals surface area contributed by atoms with Crippen molar-refractivity contribution in [2.75, 3.05) is 11.9 Å². The van der Waals surface area contributed by atoms with Crippen molar-refractivity contribution in [3.63, 3.8) is 0 Å². The molecule has 5 heteroatoms. The Morgan fingerprint density at radius 3 is 2.53 bits per heavy atom. The van der Waals surface area contributed by atoms with Gasteiger partial charge in [0.05, 0.1) is 0 Å². The zero-order valence-electron chi connectivity index (χ0n) is 7.68. The smallest absolute Gasteiger partial charge is 0.381 e. The van der Waals surface area contributed by atoms with Gasteiger partial charge in [-0.15, -0.1) is 0 Å². The maximum absolute atomic E-state index is 11.7. The maximum Gasteiger partial charge on any atom is 0.409 e. The van der Waals surface area contributed by atoms with E-state index in [1.54, 1.807) is 12.1 Å². The molecule has 1 N–H and O–H groups in total. The third-order valence-electron chi connectivity index (χ3n) is 1.59. The minimum atomic E-state index is -4.24. The molecule has 1 aromatic carbocycles. The molecule has 0 unspecified atom stereocenters. The van der Waals surface area contributed by atoms with Gasteiger partial charge in [0, 0.05) is 22.8 Å². The van der Waals surface area contributed by atoms with Gasteiger partial charge in [-0.1, -0.05) is 18.2 Å². The summed E-state index contributed by atoms with van der Waals surface area (Å²) >= 11 is 3.28. The lowest BCUT2D eigenvalue weighted by Crippen LogP contribution is -2.04. The Morgan fingerprint density at radius 2 is 1.93 bits per heavy atom. The van der Waals surface area contributed by atoms with Gasteiger partial charge >= 0.3 is 6.18 Å². The lowest BCUT2D eigenvalue weighted by molar-refractivity contribution is -0.0799. The number of allylic oxidation sites excluding steroid dienone is 1. The molecule has 0 fully saturated rings. The number of halogens is 4. The monoisotopic (exact) mass is 279 g/mol. The molecule has 0 atom stereocenters. The Balaban J connectivity index is 2.45. The molecule has 0 amide bonds. The van der Waals surface area contributed by atoms with E-state index in [9.17, 15) is 13.2 Å². The molecule has 0 aromatic heterocycles. The molecular formula is C10H9BrF3N. The molecule has 0 aliphatic carbocycles. The molecule has 0 spiro atoms. The zero-order valence-corrected chi connectivity index (χ0v) is 9.27. The summed E-state index contributed by atoms with van der Waals surface area (Å²) in [6.07, 6.45) is -2.98. The van der Waals surface area contributed by atoms with Crippen LogP contribution in [0, 0.1) is 0 Å². The number of anilines is 1. The summed E-state index contributed by atoms with van der Waals surface area (Å²) < 4.78 is 36.0. The second-order valence-corrected chi connectivity index (χ2v) is 3.66. The maximum atomic E-state index is 11.7. The van der Waals surface area contributed by atoms with E-state index in [4.69, 9.17) is 0 Å². The fourth-order valence-electron chi connectivity index (χ4n) is 0.966. The quantitative estimate of drug-likeness (QED) is 0.826. The van der Waals surface area contributed by atoms with Crippen LogP contribution >= 0.6 is 15.9 Å². The average molecular weight is 280 g/mol. The lowest BCUT2D eigenvalue weighted by atomic mass is 10.3. The Labute approximate surface area is 94.1 Å². The van der Waals surface area contributed by atoms with E-state index in [1.807, 2.05) is 12.1 Å². The topological polar surface area (TPSA) is 12.0 Å². The first-order valence-corrected chi connectivity index (χ1v) is 5.01. The molecule has 1 nitrogen and oxygen atoms in total. The van der Waals surface area contributed by atoms with Crippen molar-refractivity contribution in [1.29, 1.82) is 0 Å². The van der Waals surface area contributed by atoms with Crippen molar-refractivity contribution in [2.24, 2.45) is 0 Å². The van der Waals surface area contributed by atoms with Crippen molar-refractivity contribution in [1.82, 2.24) is 0 Å². The molecule has 0 saturated heterocycles. The van der Waals surface area contributed by atoms with E-state index in [-0.39, 0.29) is 12.6 Å². The highest BCUT2D eigenvalue weighted by molar-refractivity contribution is 9.10. The van der Waals surface area contributed by atoms with E-state index in [1.165, 1.54) is 0 Å². The largest absolute Gasteiger partial charge is 0.409 e. The molecule has 1 aromatic rings. The standard InChI is InChI=1S/C10H9BrF3N/c11-8-4-1-2-5-9(8)15-7-3-6-10(12,13)14/h1-6,15H,7H2/b6-3+. The summed E-state index contributed by atoms with van der Waals surface area (Å²) in [5, 5.41) is 2.85. The van der Waals surface area contributed by atoms with Gasteiger partial charge < -0.3 is 5.32 Å². The first kappa shape index (κ1) is 12.1. The summed E-state index contributed by atoms with van der Waals surface area (Å²) in [6.45, 7) is 0.141. The van der Waals surface area contributed by atoms with Gasteiger partial charge in [0.25, 0.3) is 0 Å². The van der Waals surface area contributed by atoms with Gasteiger partial charge in [0.2, 0.25) is 0 Å². The number of alkyl halides is 3. The predicted molar refractivity (Wildman–Crippen MR) is 57.8 cm³/mol. The van der Waals surface area contributed by atoms with E-state index in [0.717, 1.165) is 16.2 Å². The summed E-state index contributed by atoms with van der Waals surface area (Å²) in [5.74, 6) is 0. The first-order valence-electron chi connectivity index (χ1n) is 4.22. The van der Waals surface area contributed by atoms with E-state index < -0.39 is 6.18 Å². The highest BCUT2D eigenvalue weighted by Gasteiger charge is 2.21. The van der Waals surface area contributed by atoms with E-state index in [2.05, 4.69) is 21.2 Å². The predicted octanol–water partition coefficient (Wildman–Crippen LogP) is 3.98. The van der Waals surface area contributed by atoms with E-state index in [0.29, 0.717) is 0 Å². The molecule has 0 aliphatic heterocycles. The third-order valence-corrected chi connectivity index (χ3v) is 2.28. The molecule has 0 bridgehead atoms. The molecule has 1 rings (SSSR count). The number of rotatable bonds is 3. The van der Waals surface area contributed by atoms with Crippen molar-refractivity contribution in [3.8, 4) is 0 Å². The Morgan fingerprint density at radius 1 is 1.27 bits per heavy atom. The van der Waals surface area contributed by atoms with Gasteiger partial charge in [-0.3, -0.25) is 0 Å². The van der Waals surface area contributed by atoms with E-state index >= 15 is 0 Å². The summed E-state index contributed by atoms with van der Waals surface area (Å²) in [5.41, 5.74) is 0.768. The number of benzene rings is 1. The third kappa shape index (κ3) is 4.88. The number of hydrogen-bond acceptors (Lipinski definition) is 1. The van der Waals surface area contributed by atoms with Crippen molar-refractivity contribution in [2.45, 2.75) is 6.18 Å². The van der Waals surface area contributed by atoms with Gasteiger partial charge in [-0.25, -0.2) is 0 Å². The minimum Gasteiger partial charge on any atom is -0.381 e. The van der Waals surface area contributed by atoms with Crippen LogP contribution in [0.5, 0.6) is 0 Å². The van der Waals surface area contributed by atoms with Crippen LogP contribution in [0.1, 0.15) is 0 Å². The Hall–Kier alpha value is -0.970. The lowest BCUT2D eigenvalue weighted by Gasteiger charge is -2.05. The van der Waals surface area contributed by atoms with Crippen molar-refractivity contribution in [3.05, 3.63) is 40.9 Å².